The molecule has 0 aliphatic carbocycles. The molecule has 0 bridgehead atoms. The van der Waals surface area contributed by atoms with Crippen molar-refractivity contribution in [2.24, 2.45) is 0 Å². The van der Waals surface area contributed by atoms with Crippen LogP contribution in [0.5, 0.6) is 0 Å². The zero-order valence-electron chi connectivity index (χ0n) is 11.2. The summed E-state index contributed by atoms with van der Waals surface area (Å²) < 4.78 is 39.5. The van der Waals surface area contributed by atoms with Crippen LogP contribution in [-0.4, -0.2) is 20.1 Å². The molecule has 0 saturated carbocycles. The van der Waals surface area contributed by atoms with Crippen LogP contribution in [0.3, 0.4) is 0 Å². The van der Waals surface area contributed by atoms with Gasteiger partial charge in [-0.1, -0.05) is 42.5 Å². The van der Waals surface area contributed by atoms with Gasteiger partial charge in [-0.25, -0.2) is 17.5 Å². The fourth-order valence-electron chi connectivity index (χ4n) is 1.95. The molecule has 0 aliphatic heterocycles. The van der Waals surface area contributed by atoms with Crippen molar-refractivity contribution in [1.82, 2.24) is 4.72 Å². The van der Waals surface area contributed by atoms with Crippen LogP contribution >= 0.6 is 0 Å². The van der Waals surface area contributed by atoms with Crippen molar-refractivity contribution >= 4 is 10.0 Å². The molecule has 21 heavy (non-hydrogen) atoms. The topological polar surface area (TPSA) is 66.4 Å². The van der Waals surface area contributed by atoms with E-state index in [0.29, 0.717) is 11.1 Å². The van der Waals surface area contributed by atoms with E-state index in [-0.39, 0.29) is 12.4 Å². The Morgan fingerprint density at radius 2 is 1.67 bits per heavy atom. The van der Waals surface area contributed by atoms with Gasteiger partial charge in [-0.2, -0.15) is 0 Å². The molecule has 0 amide bonds. The van der Waals surface area contributed by atoms with E-state index in [2.05, 4.69) is 4.72 Å². The van der Waals surface area contributed by atoms with Gasteiger partial charge in [0.2, 0.25) is 10.0 Å². The minimum Gasteiger partial charge on any atom is -0.394 e. The monoisotopic (exact) mass is 309 g/mol. The molecule has 2 rings (SSSR count). The third kappa shape index (κ3) is 4.63. The Balaban J connectivity index is 2.10. The lowest BCUT2D eigenvalue weighted by atomic mass is 10.1. The molecule has 0 aromatic heterocycles. The molecule has 2 aromatic carbocycles. The van der Waals surface area contributed by atoms with Crippen LogP contribution in [0, 0.1) is 5.82 Å². The second-order valence-electron chi connectivity index (χ2n) is 4.65. The van der Waals surface area contributed by atoms with Crippen LogP contribution in [0.4, 0.5) is 4.39 Å². The molecule has 0 saturated heterocycles. The van der Waals surface area contributed by atoms with E-state index in [1.165, 1.54) is 24.3 Å². The Morgan fingerprint density at radius 1 is 1.05 bits per heavy atom. The number of aliphatic hydroxyl groups excluding tert-OH is 1. The second kappa shape index (κ2) is 6.80. The van der Waals surface area contributed by atoms with Gasteiger partial charge in [-0.05, 0) is 23.3 Å². The summed E-state index contributed by atoms with van der Waals surface area (Å²) in [7, 11) is -3.64. The molecular formula is C15H16FNO3S. The molecular weight excluding hydrogens is 293 g/mol. The molecule has 0 unspecified atom stereocenters. The molecule has 2 N–H and O–H groups in total. The Kier molecular flexibility index (Phi) is 5.06. The standard InChI is InChI=1S/C15H16FNO3S/c16-14-8-6-12(7-9-14)11-21(19,20)17-15(10-18)13-4-2-1-3-5-13/h1-9,15,17-18H,10-11H2/t15-/m0/s1. The molecule has 1 atom stereocenters. The summed E-state index contributed by atoms with van der Waals surface area (Å²) in [5.74, 6) is -0.682. The SMILES string of the molecule is O=S(=O)(Cc1ccc(F)cc1)N[C@@H](CO)c1ccccc1. The number of halogens is 1. The predicted octanol–water partition coefficient (Wildman–Crippen LogP) is 1.98. The highest BCUT2D eigenvalue weighted by Crippen LogP contribution is 2.15. The summed E-state index contributed by atoms with van der Waals surface area (Å²) >= 11 is 0. The third-order valence-corrected chi connectivity index (χ3v) is 4.33. The Hall–Kier alpha value is -1.76. The van der Waals surface area contributed by atoms with Gasteiger partial charge in [-0.3, -0.25) is 0 Å². The fourth-order valence-corrected chi connectivity index (χ4v) is 3.31. The first-order valence-electron chi connectivity index (χ1n) is 6.40. The van der Waals surface area contributed by atoms with E-state index < -0.39 is 21.9 Å². The number of aliphatic hydroxyl groups is 1. The lowest BCUT2D eigenvalue weighted by molar-refractivity contribution is 0.259. The zero-order chi connectivity index (χ0) is 15.3. The van der Waals surface area contributed by atoms with Gasteiger partial charge in [0.25, 0.3) is 0 Å². The first kappa shape index (κ1) is 15.6. The first-order valence-corrected chi connectivity index (χ1v) is 8.05. The first-order chi connectivity index (χ1) is 10.00. The maximum atomic E-state index is 12.8. The highest BCUT2D eigenvalue weighted by atomic mass is 32.2. The molecule has 0 fully saturated rings. The number of rotatable bonds is 6. The van der Waals surface area contributed by atoms with Gasteiger partial charge < -0.3 is 5.11 Å². The summed E-state index contributed by atoms with van der Waals surface area (Å²) in [6, 6.07) is 13.4. The number of nitrogens with one attached hydrogen (secondary N) is 1. The Bertz CT molecular complexity index is 672. The van der Waals surface area contributed by atoms with Crippen LogP contribution in [0.1, 0.15) is 17.2 Å². The van der Waals surface area contributed by atoms with Gasteiger partial charge in [-0.15, -0.1) is 0 Å². The van der Waals surface area contributed by atoms with Crippen LogP contribution in [0.2, 0.25) is 0 Å². The van der Waals surface area contributed by atoms with Crippen LogP contribution in [0.15, 0.2) is 54.6 Å². The van der Waals surface area contributed by atoms with Crippen LogP contribution < -0.4 is 4.72 Å². The van der Waals surface area contributed by atoms with E-state index in [9.17, 15) is 17.9 Å². The molecule has 0 radical (unpaired) electrons. The summed E-state index contributed by atoms with van der Waals surface area (Å²) in [6.45, 7) is -0.341. The van der Waals surface area contributed by atoms with Gasteiger partial charge in [0.1, 0.15) is 5.82 Å². The van der Waals surface area contributed by atoms with Crippen molar-refractivity contribution in [2.75, 3.05) is 6.61 Å². The lowest BCUT2D eigenvalue weighted by Crippen LogP contribution is -2.31. The van der Waals surface area contributed by atoms with Crippen LogP contribution in [0.25, 0.3) is 0 Å². The van der Waals surface area contributed by atoms with Crippen molar-refractivity contribution in [3.63, 3.8) is 0 Å². The highest BCUT2D eigenvalue weighted by Gasteiger charge is 2.19. The van der Waals surface area contributed by atoms with E-state index in [1.807, 2.05) is 6.07 Å². The predicted molar refractivity (Wildman–Crippen MR) is 78.4 cm³/mol. The fraction of sp³-hybridized carbons (Fsp3) is 0.200. The van der Waals surface area contributed by atoms with Gasteiger partial charge >= 0.3 is 0 Å². The van der Waals surface area contributed by atoms with Crippen molar-refractivity contribution in [3.05, 3.63) is 71.5 Å². The quantitative estimate of drug-likeness (QED) is 0.857. The van der Waals surface area contributed by atoms with Crippen molar-refractivity contribution < 1.29 is 17.9 Å². The maximum absolute atomic E-state index is 12.8. The Morgan fingerprint density at radius 3 is 2.24 bits per heavy atom. The normalized spacial score (nSPS) is 13.0. The molecule has 6 heteroatoms. The van der Waals surface area contributed by atoms with E-state index in [4.69, 9.17) is 0 Å². The van der Waals surface area contributed by atoms with Gasteiger partial charge in [0.15, 0.2) is 0 Å². The van der Waals surface area contributed by atoms with E-state index in [1.54, 1.807) is 24.3 Å². The summed E-state index contributed by atoms with van der Waals surface area (Å²) in [4.78, 5) is 0. The molecule has 0 heterocycles. The smallest absolute Gasteiger partial charge is 0.216 e. The molecule has 0 spiro atoms. The maximum Gasteiger partial charge on any atom is 0.216 e. The number of hydrogen-bond acceptors (Lipinski definition) is 3. The van der Waals surface area contributed by atoms with Crippen LogP contribution in [-0.2, 0) is 15.8 Å². The van der Waals surface area contributed by atoms with Gasteiger partial charge in [0, 0.05) is 0 Å². The average Bonchev–Trinajstić information content (AvgIpc) is 2.48. The zero-order valence-corrected chi connectivity index (χ0v) is 12.1. The van der Waals surface area contributed by atoms with Crippen molar-refractivity contribution in [2.45, 2.75) is 11.8 Å². The minimum atomic E-state index is -3.64. The number of hydrogen-bond donors (Lipinski definition) is 2. The highest BCUT2D eigenvalue weighted by molar-refractivity contribution is 7.88. The molecule has 0 aliphatic rings. The summed E-state index contributed by atoms with van der Waals surface area (Å²) in [5, 5.41) is 9.37. The van der Waals surface area contributed by atoms with Gasteiger partial charge in [0.05, 0.1) is 18.4 Å². The largest absolute Gasteiger partial charge is 0.394 e. The average molecular weight is 309 g/mol. The van der Waals surface area contributed by atoms with Crippen molar-refractivity contribution in [3.8, 4) is 0 Å². The summed E-state index contributed by atoms with van der Waals surface area (Å²) in [6.07, 6.45) is 0. The molecule has 4 nitrogen and oxygen atoms in total. The Labute approximate surface area is 123 Å². The minimum absolute atomic E-state index is 0.267. The van der Waals surface area contributed by atoms with Crippen molar-refractivity contribution in [1.29, 1.82) is 0 Å². The summed E-state index contributed by atoms with van der Waals surface area (Å²) in [5.41, 5.74) is 1.16. The van der Waals surface area contributed by atoms with E-state index in [0.717, 1.165) is 0 Å². The number of sulfonamides is 1. The molecule has 112 valence electrons. The third-order valence-electron chi connectivity index (χ3n) is 2.98. The van der Waals surface area contributed by atoms with E-state index >= 15 is 0 Å². The second-order valence-corrected chi connectivity index (χ2v) is 6.40. The lowest BCUT2D eigenvalue weighted by Gasteiger charge is -2.16. The molecule has 2 aromatic rings. The number of benzene rings is 2.